The first-order chi connectivity index (χ1) is 21.1. The largest absolute Gasteiger partial charge is 0.495 e. The van der Waals surface area contributed by atoms with Crippen molar-refractivity contribution < 1.29 is 43.3 Å². The number of hydrogen-bond donors (Lipinski definition) is 7. The summed E-state index contributed by atoms with van der Waals surface area (Å²) >= 11 is 0. The highest BCUT2D eigenvalue weighted by atomic mass is 16.5. The molecule has 0 aliphatic rings. The van der Waals surface area contributed by atoms with E-state index in [-0.39, 0.29) is 49.8 Å². The van der Waals surface area contributed by atoms with Crippen LogP contribution in [0.25, 0.3) is 0 Å². The molecule has 0 spiro atoms. The molecule has 0 saturated heterocycles. The summed E-state index contributed by atoms with van der Waals surface area (Å²) in [6.45, 7) is 13.8. The molecular weight excluding hydrogens is 588 g/mol. The molecule has 8 N–H and O–H groups in total. The molecule has 0 aliphatic heterocycles. The van der Waals surface area contributed by atoms with Gasteiger partial charge in [-0.05, 0) is 36.6 Å². The number of carboxylic acid groups (broad SMARTS) is 1. The van der Waals surface area contributed by atoms with Gasteiger partial charge < -0.3 is 46.9 Å². The Labute approximate surface area is 265 Å². The second-order valence-corrected chi connectivity index (χ2v) is 10.2. The lowest BCUT2D eigenvalue weighted by molar-refractivity contribution is -0.148. The van der Waals surface area contributed by atoms with E-state index in [0.29, 0.717) is 30.1 Å². The minimum atomic E-state index is -0.758. The number of amides is 5. The normalized spacial score (nSPS) is 10.6. The highest BCUT2D eigenvalue weighted by Crippen LogP contribution is 2.26. The van der Waals surface area contributed by atoms with Crippen molar-refractivity contribution in [3.8, 4) is 5.75 Å². The van der Waals surface area contributed by atoms with Crippen molar-refractivity contribution in [2.45, 2.75) is 74.0 Å². The Morgan fingerprint density at radius 1 is 0.933 bits per heavy atom. The summed E-state index contributed by atoms with van der Waals surface area (Å²) in [4.78, 5) is 67.7. The van der Waals surface area contributed by atoms with E-state index in [9.17, 15) is 28.8 Å². The number of nitrogens with one attached hydrogen (secondary N) is 5. The van der Waals surface area contributed by atoms with Crippen molar-refractivity contribution in [1.82, 2.24) is 21.3 Å². The fourth-order valence-electron chi connectivity index (χ4n) is 2.97. The Bertz CT molecular complexity index is 1080. The van der Waals surface area contributed by atoms with Crippen molar-refractivity contribution in [3.05, 3.63) is 23.8 Å². The van der Waals surface area contributed by atoms with Crippen LogP contribution in [-0.2, 0) is 35.3 Å². The number of ether oxygens (including phenoxy) is 2. The van der Waals surface area contributed by atoms with Crippen LogP contribution in [0.15, 0.2) is 18.2 Å². The smallest absolute Gasteiger partial charge is 0.312 e. The molecule has 0 radical (unpaired) electrons. The first-order valence-electron chi connectivity index (χ1n) is 14.8. The third-order valence-corrected chi connectivity index (χ3v) is 5.47. The molecule has 5 amide bonds. The molecule has 0 aliphatic carbocycles. The molecule has 15 heteroatoms. The number of primary amides is 1. The van der Waals surface area contributed by atoms with Crippen LogP contribution in [0, 0.1) is 11.8 Å². The van der Waals surface area contributed by atoms with Gasteiger partial charge in [0.05, 0.1) is 31.8 Å². The van der Waals surface area contributed by atoms with Crippen molar-refractivity contribution in [2.75, 3.05) is 38.6 Å². The number of likely N-dealkylation sites (N-methyl/N-ethyl adjacent to an activating group) is 1. The molecule has 15 nitrogen and oxygen atoms in total. The van der Waals surface area contributed by atoms with Crippen LogP contribution in [0.3, 0.4) is 0 Å². The highest BCUT2D eigenvalue weighted by Gasteiger charge is 2.24. The monoisotopic (exact) mass is 640 g/mol. The van der Waals surface area contributed by atoms with Crippen LogP contribution in [0.2, 0.25) is 0 Å². The number of carbonyl (C=O) groups excluding carboxylic acids is 5. The molecule has 0 aromatic heterocycles. The number of nitrogens with two attached hydrogens (primary N) is 1. The van der Waals surface area contributed by atoms with Crippen LogP contribution in [0.5, 0.6) is 5.75 Å². The first kappa shape index (κ1) is 42.7. The maximum atomic E-state index is 12.5. The summed E-state index contributed by atoms with van der Waals surface area (Å²) in [5, 5.41) is 21.0. The molecule has 45 heavy (non-hydrogen) atoms. The summed E-state index contributed by atoms with van der Waals surface area (Å²) in [5.41, 5.74) is 5.85. The Morgan fingerprint density at radius 2 is 1.56 bits per heavy atom. The molecule has 0 saturated carbocycles. The van der Waals surface area contributed by atoms with Crippen LogP contribution >= 0.6 is 0 Å². The zero-order valence-electron chi connectivity index (χ0n) is 27.7. The zero-order chi connectivity index (χ0) is 34.9. The van der Waals surface area contributed by atoms with E-state index in [1.165, 1.54) is 7.11 Å². The Hall–Kier alpha value is -4.40. The quantitative estimate of drug-likeness (QED) is 0.130. The fraction of sp³-hybridized carbons (Fsp3) is 0.600. The van der Waals surface area contributed by atoms with Gasteiger partial charge in [0.25, 0.3) is 0 Å². The Balaban J connectivity index is 0. The van der Waals surface area contributed by atoms with Gasteiger partial charge in [-0.1, -0.05) is 54.5 Å². The van der Waals surface area contributed by atoms with Crippen LogP contribution in [-0.4, -0.2) is 80.1 Å². The van der Waals surface area contributed by atoms with Gasteiger partial charge in [-0.3, -0.25) is 24.0 Å². The molecule has 1 aromatic rings. The molecule has 1 rings (SSSR count). The van der Waals surface area contributed by atoms with Crippen molar-refractivity contribution in [3.63, 3.8) is 0 Å². The SMILES string of the molecule is CCC(=O)O.CCCNC(N)=O.CCNCC(=O)NC(C(=O)NCC(=O)Nc1ccc(COC(=O)C(C)C)cc1OC)C(C)C. The summed E-state index contributed by atoms with van der Waals surface area (Å²) in [7, 11) is 1.46. The molecule has 0 heterocycles. The summed E-state index contributed by atoms with van der Waals surface area (Å²) in [6.07, 6.45) is 1.16. The average Bonchev–Trinajstić information content (AvgIpc) is 2.99. The van der Waals surface area contributed by atoms with E-state index in [1.807, 2.05) is 27.7 Å². The lowest BCUT2D eigenvalue weighted by Crippen LogP contribution is -2.52. The second-order valence-electron chi connectivity index (χ2n) is 10.2. The van der Waals surface area contributed by atoms with E-state index in [0.717, 1.165) is 6.42 Å². The highest BCUT2D eigenvalue weighted by molar-refractivity contribution is 5.97. The van der Waals surface area contributed by atoms with Gasteiger partial charge in [-0.2, -0.15) is 0 Å². The summed E-state index contributed by atoms with van der Waals surface area (Å²) in [5.74, 6) is -2.23. The fourth-order valence-corrected chi connectivity index (χ4v) is 2.97. The van der Waals surface area contributed by atoms with Gasteiger partial charge in [-0.15, -0.1) is 0 Å². The first-order valence-corrected chi connectivity index (χ1v) is 14.8. The van der Waals surface area contributed by atoms with Gasteiger partial charge in [0.2, 0.25) is 17.7 Å². The van der Waals surface area contributed by atoms with Gasteiger partial charge in [0, 0.05) is 13.0 Å². The number of rotatable bonds is 16. The second kappa shape index (κ2) is 25.0. The van der Waals surface area contributed by atoms with Crippen molar-refractivity contribution in [2.24, 2.45) is 17.6 Å². The van der Waals surface area contributed by atoms with Crippen molar-refractivity contribution >= 4 is 41.4 Å². The lowest BCUT2D eigenvalue weighted by Gasteiger charge is -2.21. The minimum Gasteiger partial charge on any atom is -0.495 e. The molecule has 1 aromatic carbocycles. The van der Waals surface area contributed by atoms with Gasteiger partial charge in [0.1, 0.15) is 18.4 Å². The lowest BCUT2D eigenvalue weighted by atomic mass is 10.0. The number of anilines is 1. The van der Waals surface area contributed by atoms with E-state index in [1.54, 1.807) is 39.0 Å². The maximum Gasteiger partial charge on any atom is 0.312 e. The molecular formula is C30H52N6O9. The minimum absolute atomic E-state index is 0.0910. The predicted octanol–water partition coefficient (Wildman–Crippen LogP) is 1.75. The van der Waals surface area contributed by atoms with Gasteiger partial charge in [0.15, 0.2) is 0 Å². The molecule has 1 unspecified atom stereocenters. The topological polar surface area (TPSA) is 227 Å². The van der Waals surface area contributed by atoms with Gasteiger partial charge in [-0.25, -0.2) is 4.79 Å². The van der Waals surface area contributed by atoms with Crippen LogP contribution < -0.4 is 37.1 Å². The zero-order valence-corrected chi connectivity index (χ0v) is 27.7. The number of aliphatic carboxylic acids is 1. The van der Waals surface area contributed by atoms with E-state index >= 15 is 0 Å². The molecule has 1 atom stereocenters. The Kier molecular flexibility index (Phi) is 23.7. The summed E-state index contributed by atoms with van der Waals surface area (Å²) in [6, 6.07) is 3.80. The van der Waals surface area contributed by atoms with E-state index in [4.69, 9.17) is 20.3 Å². The number of urea groups is 1. The van der Waals surface area contributed by atoms with Crippen molar-refractivity contribution in [1.29, 1.82) is 0 Å². The average molecular weight is 641 g/mol. The standard InChI is InChI=1S/C23H36N4O6.C4H10N2O.C3H6O2/c1-7-24-11-19(28)27-21(14(2)3)22(30)25-12-20(29)26-17-9-8-16(10-18(17)32-6)13-33-23(31)15(4)5;1-2-3-6-4(5)7;1-2-3(4)5/h8-10,14-15,21,24H,7,11-13H2,1-6H3,(H,25,30)(H,26,29)(H,27,28);2-3H2,1H3,(H3,5,6,7);2H2,1H3,(H,4,5). The van der Waals surface area contributed by atoms with E-state index < -0.39 is 29.9 Å². The number of hydrogen-bond acceptors (Lipinski definition) is 9. The number of carbonyl (C=O) groups is 6. The molecule has 0 bridgehead atoms. The molecule has 0 fully saturated rings. The molecule has 256 valence electrons. The number of esters is 1. The number of methoxy groups -OCH3 is 1. The third-order valence-electron chi connectivity index (χ3n) is 5.47. The third kappa shape index (κ3) is 21.9. The predicted molar refractivity (Wildman–Crippen MR) is 170 cm³/mol. The maximum absolute atomic E-state index is 12.5. The Morgan fingerprint density at radius 3 is 2.00 bits per heavy atom. The van der Waals surface area contributed by atoms with Gasteiger partial charge >= 0.3 is 18.0 Å². The summed E-state index contributed by atoms with van der Waals surface area (Å²) < 4.78 is 10.5. The number of benzene rings is 1. The van der Waals surface area contributed by atoms with Crippen LogP contribution in [0.1, 0.15) is 66.9 Å². The van der Waals surface area contributed by atoms with Crippen LogP contribution in [0.4, 0.5) is 10.5 Å². The van der Waals surface area contributed by atoms with E-state index in [2.05, 4.69) is 26.6 Å². The number of carboxylic acids is 1.